The number of hydrogen-bond donors (Lipinski definition) is 1. The monoisotopic (exact) mass is 266 g/mol. The van der Waals surface area contributed by atoms with Gasteiger partial charge in [-0.05, 0) is 12.8 Å². The van der Waals surface area contributed by atoms with Gasteiger partial charge in [0.05, 0.1) is 17.1 Å². The Labute approximate surface area is 114 Å². The second-order valence-electron chi connectivity index (χ2n) is 4.75. The smallest absolute Gasteiger partial charge is 0.276 e. The highest BCUT2D eigenvalue weighted by Gasteiger charge is 2.14. The van der Waals surface area contributed by atoms with Crippen LogP contribution in [-0.4, -0.2) is 30.0 Å². The Morgan fingerprint density at radius 3 is 2.68 bits per heavy atom. The first-order chi connectivity index (χ1) is 8.97. The van der Waals surface area contributed by atoms with Crippen LogP contribution in [0.1, 0.15) is 27.2 Å². The van der Waals surface area contributed by atoms with Gasteiger partial charge in [-0.1, -0.05) is 20.3 Å². The van der Waals surface area contributed by atoms with Crippen molar-refractivity contribution in [2.75, 3.05) is 30.4 Å². The Balaban J connectivity index is 3.01. The van der Waals surface area contributed by atoms with Crippen molar-refractivity contribution < 1.29 is 4.92 Å². The molecule has 0 spiro atoms. The van der Waals surface area contributed by atoms with E-state index in [-0.39, 0.29) is 10.6 Å². The number of anilines is 2. The van der Waals surface area contributed by atoms with Crippen molar-refractivity contribution in [3.63, 3.8) is 0 Å². The van der Waals surface area contributed by atoms with E-state index >= 15 is 0 Å². The summed E-state index contributed by atoms with van der Waals surface area (Å²) >= 11 is 0. The van der Waals surface area contributed by atoms with Crippen molar-refractivity contribution >= 4 is 17.3 Å². The van der Waals surface area contributed by atoms with Gasteiger partial charge in [0.15, 0.2) is 0 Å². The van der Waals surface area contributed by atoms with E-state index in [0.29, 0.717) is 24.1 Å². The SMILES string of the molecule is CCNc1cc([N+](=O)[O-])cc(N(C)CC(C)CC)n1. The molecule has 6 heteroatoms. The molecular formula is C13H22N4O2. The maximum Gasteiger partial charge on any atom is 0.276 e. The molecule has 19 heavy (non-hydrogen) atoms. The number of nitrogens with zero attached hydrogens (tertiary/aromatic N) is 3. The molecule has 1 N–H and O–H groups in total. The molecule has 0 bridgehead atoms. The van der Waals surface area contributed by atoms with E-state index in [4.69, 9.17) is 0 Å². The fourth-order valence-corrected chi connectivity index (χ4v) is 1.76. The molecule has 1 heterocycles. The van der Waals surface area contributed by atoms with Crippen molar-refractivity contribution in [1.82, 2.24) is 4.98 Å². The minimum Gasteiger partial charge on any atom is -0.370 e. The molecule has 0 fully saturated rings. The summed E-state index contributed by atoms with van der Waals surface area (Å²) in [6.45, 7) is 7.73. The molecule has 1 unspecified atom stereocenters. The zero-order chi connectivity index (χ0) is 14.4. The fourth-order valence-electron chi connectivity index (χ4n) is 1.76. The van der Waals surface area contributed by atoms with Crippen molar-refractivity contribution in [2.24, 2.45) is 5.92 Å². The van der Waals surface area contributed by atoms with Gasteiger partial charge in [0.2, 0.25) is 0 Å². The van der Waals surface area contributed by atoms with Crippen LogP contribution in [0, 0.1) is 16.0 Å². The molecule has 0 amide bonds. The molecular weight excluding hydrogens is 244 g/mol. The average molecular weight is 266 g/mol. The van der Waals surface area contributed by atoms with E-state index in [1.165, 1.54) is 12.1 Å². The second-order valence-corrected chi connectivity index (χ2v) is 4.75. The highest BCUT2D eigenvalue weighted by Crippen LogP contribution is 2.23. The normalized spacial score (nSPS) is 12.0. The van der Waals surface area contributed by atoms with E-state index in [1.54, 1.807) is 0 Å². The summed E-state index contributed by atoms with van der Waals surface area (Å²) in [6, 6.07) is 2.98. The van der Waals surface area contributed by atoms with Gasteiger partial charge in [-0.3, -0.25) is 10.1 Å². The number of hydrogen-bond acceptors (Lipinski definition) is 5. The molecule has 6 nitrogen and oxygen atoms in total. The Bertz CT molecular complexity index is 437. The minimum atomic E-state index is -0.386. The Morgan fingerprint density at radius 2 is 2.16 bits per heavy atom. The molecule has 0 radical (unpaired) electrons. The van der Waals surface area contributed by atoms with Crippen LogP contribution in [-0.2, 0) is 0 Å². The van der Waals surface area contributed by atoms with Gasteiger partial charge in [-0.15, -0.1) is 0 Å². The predicted octanol–water partition coefficient (Wildman–Crippen LogP) is 2.90. The number of rotatable bonds is 7. The van der Waals surface area contributed by atoms with Crippen molar-refractivity contribution in [2.45, 2.75) is 27.2 Å². The molecule has 0 aliphatic rings. The van der Waals surface area contributed by atoms with Crippen molar-refractivity contribution in [3.05, 3.63) is 22.2 Å². The summed E-state index contributed by atoms with van der Waals surface area (Å²) in [5, 5.41) is 14.0. The van der Waals surface area contributed by atoms with Crippen LogP contribution in [0.3, 0.4) is 0 Å². The first kappa shape index (κ1) is 15.2. The topological polar surface area (TPSA) is 71.3 Å². The molecule has 0 aromatic carbocycles. The van der Waals surface area contributed by atoms with Gasteiger partial charge in [-0.25, -0.2) is 4.98 Å². The van der Waals surface area contributed by atoms with E-state index in [2.05, 4.69) is 24.1 Å². The molecule has 1 rings (SSSR count). The van der Waals surface area contributed by atoms with Crippen molar-refractivity contribution in [3.8, 4) is 0 Å². The first-order valence-corrected chi connectivity index (χ1v) is 6.59. The summed E-state index contributed by atoms with van der Waals surface area (Å²) in [5.74, 6) is 1.70. The van der Waals surface area contributed by atoms with E-state index < -0.39 is 0 Å². The number of nitro groups is 1. The van der Waals surface area contributed by atoms with E-state index in [0.717, 1.165) is 13.0 Å². The van der Waals surface area contributed by atoms with Gasteiger partial charge in [-0.2, -0.15) is 0 Å². The minimum absolute atomic E-state index is 0.0666. The van der Waals surface area contributed by atoms with Gasteiger partial charge in [0, 0.05) is 20.1 Å². The third kappa shape index (κ3) is 4.39. The lowest BCUT2D eigenvalue weighted by Crippen LogP contribution is -2.24. The standard InChI is InChI=1S/C13H22N4O2/c1-5-10(3)9-16(4)13-8-11(17(18)19)7-12(15-13)14-6-2/h7-8,10H,5-6,9H2,1-4H3,(H,14,15). The van der Waals surface area contributed by atoms with Crippen LogP contribution in [0.5, 0.6) is 0 Å². The largest absolute Gasteiger partial charge is 0.370 e. The second kappa shape index (κ2) is 6.92. The number of nitrogens with one attached hydrogen (secondary N) is 1. The Morgan fingerprint density at radius 1 is 1.47 bits per heavy atom. The Hall–Kier alpha value is -1.85. The van der Waals surface area contributed by atoms with Crippen LogP contribution < -0.4 is 10.2 Å². The summed E-state index contributed by atoms with van der Waals surface area (Å²) in [6.07, 6.45) is 1.07. The van der Waals surface area contributed by atoms with Gasteiger partial charge < -0.3 is 10.2 Å². The maximum atomic E-state index is 10.9. The summed E-state index contributed by atoms with van der Waals surface area (Å²) in [7, 11) is 1.91. The molecule has 1 aromatic rings. The molecule has 1 atom stereocenters. The zero-order valence-electron chi connectivity index (χ0n) is 12.0. The Kier molecular flexibility index (Phi) is 5.54. The number of pyridine rings is 1. The maximum absolute atomic E-state index is 10.9. The summed E-state index contributed by atoms with van der Waals surface area (Å²) in [4.78, 5) is 16.9. The van der Waals surface area contributed by atoms with Crippen LogP contribution in [0.2, 0.25) is 0 Å². The molecule has 1 aromatic heterocycles. The summed E-state index contributed by atoms with van der Waals surface area (Å²) in [5.41, 5.74) is 0.0666. The molecule has 0 aliphatic carbocycles. The average Bonchev–Trinajstić information content (AvgIpc) is 2.38. The van der Waals surface area contributed by atoms with Crippen LogP contribution in [0.25, 0.3) is 0 Å². The van der Waals surface area contributed by atoms with E-state index in [1.807, 2.05) is 18.9 Å². The third-order valence-corrected chi connectivity index (χ3v) is 3.04. The lowest BCUT2D eigenvalue weighted by atomic mass is 10.1. The predicted molar refractivity (Wildman–Crippen MR) is 77.8 cm³/mol. The number of aromatic nitrogens is 1. The van der Waals surface area contributed by atoms with Crippen LogP contribution >= 0.6 is 0 Å². The first-order valence-electron chi connectivity index (χ1n) is 6.59. The molecule has 106 valence electrons. The lowest BCUT2D eigenvalue weighted by molar-refractivity contribution is -0.384. The van der Waals surface area contributed by atoms with Crippen molar-refractivity contribution in [1.29, 1.82) is 0 Å². The fraction of sp³-hybridized carbons (Fsp3) is 0.615. The molecule has 0 saturated carbocycles. The lowest BCUT2D eigenvalue weighted by Gasteiger charge is -2.22. The summed E-state index contributed by atoms with van der Waals surface area (Å²) < 4.78 is 0. The highest BCUT2D eigenvalue weighted by atomic mass is 16.6. The van der Waals surface area contributed by atoms with Crippen LogP contribution in [0.4, 0.5) is 17.3 Å². The van der Waals surface area contributed by atoms with E-state index in [9.17, 15) is 10.1 Å². The zero-order valence-corrected chi connectivity index (χ0v) is 12.0. The van der Waals surface area contributed by atoms with Crippen LogP contribution in [0.15, 0.2) is 12.1 Å². The molecule has 0 saturated heterocycles. The van der Waals surface area contributed by atoms with Gasteiger partial charge >= 0.3 is 0 Å². The highest BCUT2D eigenvalue weighted by molar-refractivity contribution is 5.55. The third-order valence-electron chi connectivity index (χ3n) is 3.04. The van der Waals surface area contributed by atoms with Gasteiger partial charge in [0.1, 0.15) is 11.6 Å². The quantitative estimate of drug-likeness (QED) is 0.607. The molecule has 0 aliphatic heterocycles. The van der Waals surface area contributed by atoms with Gasteiger partial charge in [0.25, 0.3) is 5.69 Å².